The Morgan fingerprint density at radius 2 is 1.92 bits per heavy atom. The number of hydrogen-bond acceptors (Lipinski definition) is 6. The Bertz CT molecular complexity index is 726. The van der Waals surface area contributed by atoms with Gasteiger partial charge in [0, 0.05) is 25.1 Å². The van der Waals surface area contributed by atoms with Crippen molar-refractivity contribution in [2.75, 3.05) is 19.7 Å². The lowest BCUT2D eigenvalue weighted by atomic mass is 9.92. The third kappa shape index (κ3) is 4.63. The lowest BCUT2D eigenvalue weighted by molar-refractivity contribution is -0.499. The van der Waals surface area contributed by atoms with Gasteiger partial charge in [0.1, 0.15) is 22.8 Å². The number of ketones is 1. The van der Waals surface area contributed by atoms with Crippen molar-refractivity contribution in [2.24, 2.45) is 5.92 Å². The fraction of sp³-hybridized carbons (Fsp3) is 0.500. The zero-order chi connectivity index (χ0) is 18.4. The van der Waals surface area contributed by atoms with Crippen molar-refractivity contribution in [2.45, 2.75) is 31.1 Å². The SMILES string of the molecule is CCOC(=O)CC(=O)C1CCN(S(=O)(=O)c2ccccc2[NH2+][O-])CC1. The van der Waals surface area contributed by atoms with Gasteiger partial charge in [-0.05, 0) is 25.8 Å². The molecule has 0 atom stereocenters. The number of rotatable bonds is 7. The van der Waals surface area contributed by atoms with Crippen LogP contribution in [0.3, 0.4) is 0 Å². The molecule has 0 amide bonds. The molecule has 1 saturated heterocycles. The topological polar surface area (TPSA) is 120 Å². The highest BCUT2D eigenvalue weighted by atomic mass is 32.2. The number of ether oxygens (including phenoxy) is 1. The van der Waals surface area contributed by atoms with Crippen molar-refractivity contribution in [3.05, 3.63) is 29.5 Å². The maximum atomic E-state index is 12.7. The van der Waals surface area contributed by atoms with Gasteiger partial charge in [0.05, 0.1) is 6.61 Å². The Hall–Kier alpha value is -1.81. The Balaban J connectivity index is 2.01. The van der Waals surface area contributed by atoms with Crippen LogP contribution in [0.1, 0.15) is 26.2 Å². The zero-order valence-corrected chi connectivity index (χ0v) is 14.8. The molecule has 1 fully saturated rings. The highest BCUT2D eigenvalue weighted by Gasteiger charge is 2.34. The molecule has 0 saturated carbocycles. The summed E-state index contributed by atoms with van der Waals surface area (Å²) in [5.41, 5.74) is 0.630. The normalized spacial score (nSPS) is 16.6. The highest BCUT2D eigenvalue weighted by molar-refractivity contribution is 7.89. The molecule has 2 rings (SSSR count). The summed E-state index contributed by atoms with van der Waals surface area (Å²) in [5, 5.41) is 11.1. The van der Waals surface area contributed by atoms with E-state index < -0.39 is 16.0 Å². The minimum absolute atomic E-state index is 0.0266. The predicted octanol–water partition coefficient (Wildman–Crippen LogP) is 0.302. The molecule has 1 aromatic carbocycles. The third-order valence-corrected chi connectivity index (χ3v) is 6.17. The summed E-state index contributed by atoms with van der Waals surface area (Å²) < 4.78 is 31.5. The number of sulfonamides is 1. The second kappa shape index (κ2) is 8.52. The van der Waals surface area contributed by atoms with Gasteiger partial charge in [-0.25, -0.2) is 8.42 Å². The van der Waals surface area contributed by atoms with Gasteiger partial charge in [0.15, 0.2) is 0 Å². The van der Waals surface area contributed by atoms with E-state index in [1.54, 1.807) is 19.1 Å². The van der Waals surface area contributed by atoms with Crippen LogP contribution in [-0.4, -0.2) is 44.2 Å². The Kier molecular flexibility index (Phi) is 6.65. The van der Waals surface area contributed by atoms with E-state index in [1.165, 1.54) is 16.4 Å². The summed E-state index contributed by atoms with van der Waals surface area (Å²) in [6.07, 6.45) is 0.417. The number of carbonyl (C=O) groups excluding carboxylic acids is 2. The summed E-state index contributed by atoms with van der Waals surface area (Å²) in [7, 11) is -3.79. The minimum atomic E-state index is -3.79. The minimum Gasteiger partial charge on any atom is -0.630 e. The van der Waals surface area contributed by atoms with Crippen LogP contribution >= 0.6 is 0 Å². The van der Waals surface area contributed by atoms with Crippen molar-refractivity contribution >= 4 is 27.5 Å². The molecule has 1 aromatic rings. The van der Waals surface area contributed by atoms with Crippen LogP contribution in [0.25, 0.3) is 0 Å². The molecule has 9 heteroatoms. The number of carbonyl (C=O) groups is 2. The van der Waals surface area contributed by atoms with Gasteiger partial charge in [-0.15, -0.1) is 0 Å². The summed E-state index contributed by atoms with van der Waals surface area (Å²) in [5.74, 6) is -1.12. The molecule has 0 bridgehead atoms. The Morgan fingerprint density at radius 1 is 1.28 bits per heavy atom. The summed E-state index contributed by atoms with van der Waals surface area (Å²) in [4.78, 5) is 23.5. The molecule has 0 spiro atoms. The molecule has 0 radical (unpaired) electrons. The molecule has 1 aliphatic rings. The number of nitrogens with two attached hydrogens (primary N) is 1. The first-order valence-electron chi connectivity index (χ1n) is 8.12. The first kappa shape index (κ1) is 19.5. The zero-order valence-electron chi connectivity index (χ0n) is 14.0. The van der Waals surface area contributed by atoms with E-state index in [0.29, 0.717) is 18.3 Å². The predicted molar refractivity (Wildman–Crippen MR) is 89.1 cm³/mol. The van der Waals surface area contributed by atoms with E-state index in [1.807, 2.05) is 0 Å². The molecule has 0 aromatic heterocycles. The van der Waals surface area contributed by atoms with E-state index in [-0.39, 0.29) is 48.4 Å². The quantitative estimate of drug-likeness (QED) is 0.319. The lowest BCUT2D eigenvalue weighted by Crippen LogP contribution is -2.70. The fourth-order valence-corrected chi connectivity index (χ4v) is 4.50. The van der Waals surface area contributed by atoms with Gasteiger partial charge in [-0.3, -0.25) is 9.59 Å². The van der Waals surface area contributed by atoms with Crippen molar-refractivity contribution in [3.63, 3.8) is 0 Å². The molecular formula is C16H22N2O6S. The molecule has 0 aliphatic carbocycles. The summed E-state index contributed by atoms with van der Waals surface area (Å²) >= 11 is 0. The fourth-order valence-electron chi connectivity index (χ4n) is 2.87. The number of benzene rings is 1. The van der Waals surface area contributed by atoms with Gasteiger partial charge >= 0.3 is 5.97 Å². The second-order valence-corrected chi connectivity index (χ2v) is 7.69. The Morgan fingerprint density at radius 3 is 2.52 bits per heavy atom. The van der Waals surface area contributed by atoms with E-state index in [2.05, 4.69) is 0 Å². The van der Waals surface area contributed by atoms with Gasteiger partial charge < -0.3 is 15.4 Å². The molecule has 1 aliphatic heterocycles. The highest BCUT2D eigenvalue weighted by Crippen LogP contribution is 2.27. The first-order valence-corrected chi connectivity index (χ1v) is 9.56. The van der Waals surface area contributed by atoms with Crippen molar-refractivity contribution in [1.82, 2.24) is 4.31 Å². The number of hydrogen-bond donors (Lipinski definition) is 1. The van der Waals surface area contributed by atoms with Crippen LogP contribution < -0.4 is 5.48 Å². The van der Waals surface area contributed by atoms with E-state index >= 15 is 0 Å². The van der Waals surface area contributed by atoms with Crippen molar-refractivity contribution in [3.8, 4) is 0 Å². The molecule has 2 N–H and O–H groups in total. The van der Waals surface area contributed by atoms with Crippen LogP contribution in [0.15, 0.2) is 29.2 Å². The smallest absolute Gasteiger partial charge is 0.313 e. The van der Waals surface area contributed by atoms with Crippen LogP contribution in [0.5, 0.6) is 0 Å². The monoisotopic (exact) mass is 370 g/mol. The van der Waals surface area contributed by atoms with Gasteiger partial charge in [-0.2, -0.15) is 4.31 Å². The number of nitrogens with zero attached hydrogens (tertiary/aromatic N) is 1. The Labute approximate surface area is 146 Å². The van der Waals surface area contributed by atoms with Crippen LogP contribution in [0, 0.1) is 11.1 Å². The average Bonchev–Trinajstić information content (AvgIpc) is 2.61. The molecule has 138 valence electrons. The lowest BCUT2D eigenvalue weighted by Gasteiger charge is -2.30. The maximum Gasteiger partial charge on any atom is 0.313 e. The second-order valence-electron chi connectivity index (χ2n) is 5.78. The van der Waals surface area contributed by atoms with E-state index in [0.717, 1.165) is 0 Å². The van der Waals surface area contributed by atoms with Crippen molar-refractivity contribution in [1.29, 1.82) is 0 Å². The summed E-state index contributed by atoms with van der Waals surface area (Å²) in [6, 6.07) is 6.02. The van der Waals surface area contributed by atoms with Gasteiger partial charge in [-0.1, -0.05) is 12.1 Å². The van der Waals surface area contributed by atoms with E-state index in [4.69, 9.17) is 4.74 Å². The molecule has 25 heavy (non-hydrogen) atoms. The summed E-state index contributed by atoms with van der Waals surface area (Å²) in [6.45, 7) is 2.24. The van der Waals surface area contributed by atoms with Gasteiger partial charge in [0.2, 0.25) is 10.0 Å². The maximum absolute atomic E-state index is 12.7. The van der Waals surface area contributed by atoms with Crippen LogP contribution in [0.4, 0.5) is 5.69 Å². The molecule has 0 unspecified atom stereocenters. The van der Waals surface area contributed by atoms with E-state index in [9.17, 15) is 23.2 Å². The molecule has 8 nitrogen and oxygen atoms in total. The number of quaternary nitrogens is 1. The average molecular weight is 370 g/mol. The third-order valence-electron chi connectivity index (χ3n) is 4.20. The standard InChI is InChI=1S/C16H22N2O6S/c1-2-24-16(20)11-14(19)12-7-9-18(10-8-12)25(22,23)15-6-4-3-5-13(15)17-21/h3-6,12H,2,7-11,17H2,1H3. The first-order chi connectivity index (χ1) is 11.9. The van der Waals surface area contributed by atoms with Crippen LogP contribution in [0.2, 0.25) is 0 Å². The van der Waals surface area contributed by atoms with Crippen molar-refractivity contribution < 1.29 is 28.2 Å². The molecule has 1 heterocycles. The largest absolute Gasteiger partial charge is 0.630 e. The number of piperidine rings is 1. The number of esters is 1. The van der Waals surface area contributed by atoms with Gasteiger partial charge in [0.25, 0.3) is 0 Å². The number of Topliss-reactive ketones (excluding diaryl/α,β-unsaturated/α-hetero) is 1. The van der Waals surface area contributed by atoms with Crippen LogP contribution in [-0.2, 0) is 24.3 Å². The molecular weight excluding hydrogens is 348 g/mol.